The van der Waals surface area contributed by atoms with E-state index in [-0.39, 0.29) is 36.1 Å². The number of halogens is 2. The first-order chi connectivity index (χ1) is 8.43. The molecule has 4 nitrogen and oxygen atoms in total. The fraction of sp³-hybridized carbons (Fsp3) is 0.167. The average molecular weight is 279 g/mol. The van der Waals surface area contributed by atoms with Crippen molar-refractivity contribution >= 4 is 29.1 Å². The summed E-state index contributed by atoms with van der Waals surface area (Å²) in [6.45, 7) is 1.55. The minimum Gasteiger partial charge on any atom is -0.872 e. The number of ether oxygens (including phenoxy) is 1. The fourth-order valence-corrected chi connectivity index (χ4v) is 1.38. The van der Waals surface area contributed by atoms with Gasteiger partial charge in [0.15, 0.2) is 0 Å². The molecule has 0 bridgehead atoms. The van der Waals surface area contributed by atoms with Gasteiger partial charge in [0.05, 0.1) is 6.61 Å². The number of benzene rings is 1. The average Bonchev–Trinajstić information content (AvgIpc) is 2.27. The largest absolute Gasteiger partial charge is 1.00 e. The van der Waals surface area contributed by atoms with Crippen LogP contribution in [0.4, 0.5) is 4.39 Å². The van der Waals surface area contributed by atoms with Gasteiger partial charge < -0.3 is 9.84 Å². The SMILES string of the molecule is CCOC(=O)C(=O)/C=C(/[O-])c1cc(F)cc(Cl)c1.[Li+]. The maximum Gasteiger partial charge on any atom is 1.00 e. The molecule has 0 unspecified atom stereocenters. The minimum absolute atomic E-state index is 0. The summed E-state index contributed by atoms with van der Waals surface area (Å²) in [5, 5.41) is 11.6. The van der Waals surface area contributed by atoms with Gasteiger partial charge in [0.1, 0.15) is 5.82 Å². The molecule has 0 atom stereocenters. The van der Waals surface area contributed by atoms with Crippen molar-refractivity contribution in [2.24, 2.45) is 0 Å². The van der Waals surface area contributed by atoms with Gasteiger partial charge in [0, 0.05) is 5.02 Å². The fourth-order valence-electron chi connectivity index (χ4n) is 1.16. The summed E-state index contributed by atoms with van der Waals surface area (Å²) in [5.74, 6) is -3.74. The third-order valence-electron chi connectivity index (χ3n) is 1.89. The van der Waals surface area contributed by atoms with E-state index in [2.05, 4.69) is 4.74 Å². The number of carbonyl (C=O) groups excluding carboxylic acids is 2. The van der Waals surface area contributed by atoms with Gasteiger partial charge in [-0.1, -0.05) is 17.4 Å². The topological polar surface area (TPSA) is 66.4 Å². The molecule has 19 heavy (non-hydrogen) atoms. The zero-order valence-electron chi connectivity index (χ0n) is 10.4. The molecule has 96 valence electrons. The molecule has 1 aromatic carbocycles. The van der Waals surface area contributed by atoms with Gasteiger partial charge in [-0.15, -0.1) is 0 Å². The quantitative estimate of drug-likeness (QED) is 0.217. The molecule has 0 aliphatic heterocycles. The molecular weight excluding hydrogens is 270 g/mol. The third kappa shape index (κ3) is 5.47. The maximum absolute atomic E-state index is 13.0. The molecule has 0 fully saturated rings. The van der Waals surface area contributed by atoms with Crippen LogP contribution in [0.1, 0.15) is 12.5 Å². The van der Waals surface area contributed by atoms with Crippen molar-refractivity contribution in [3.63, 3.8) is 0 Å². The van der Waals surface area contributed by atoms with Crippen molar-refractivity contribution in [2.75, 3.05) is 6.61 Å². The first kappa shape index (κ1) is 17.7. The number of ketones is 1. The van der Waals surface area contributed by atoms with E-state index in [0.29, 0.717) is 6.08 Å². The van der Waals surface area contributed by atoms with Crippen molar-refractivity contribution in [2.45, 2.75) is 6.92 Å². The van der Waals surface area contributed by atoms with Crippen LogP contribution in [0.2, 0.25) is 5.02 Å². The molecule has 0 aromatic heterocycles. The van der Waals surface area contributed by atoms with Crippen LogP contribution < -0.4 is 24.0 Å². The summed E-state index contributed by atoms with van der Waals surface area (Å²) in [6.07, 6.45) is 0.545. The number of hydrogen-bond acceptors (Lipinski definition) is 4. The van der Waals surface area contributed by atoms with Gasteiger partial charge in [-0.3, -0.25) is 4.79 Å². The van der Waals surface area contributed by atoms with Gasteiger partial charge in [-0.25, -0.2) is 9.18 Å². The van der Waals surface area contributed by atoms with Gasteiger partial charge in [0.25, 0.3) is 5.78 Å². The van der Waals surface area contributed by atoms with Gasteiger partial charge in [-0.2, -0.15) is 0 Å². The monoisotopic (exact) mass is 278 g/mol. The number of rotatable bonds is 4. The Morgan fingerprint density at radius 1 is 1.42 bits per heavy atom. The normalized spacial score (nSPS) is 10.6. The van der Waals surface area contributed by atoms with Gasteiger partial charge in [-0.05, 0) is 36.8 Å². The molecule has 1 aromatic rings. The summed E-state index contributed by atoms with van der Waals surface area (Å²) in [5.41, 5.74) is -0.113. The Labute approximate surface area is 126 Å². The van der Waals surface area contributed by atoms with E-state index in [1.165, 1.54) is 13.0 Å². The smallest absolute Gasteiger partial charge is 0.872 e. The van der Waals surface area contributed by atoms with Crippen molar-refractivity contribution in [1.82, 2.24) is 0 Å². The van der Waals surface area contributed by atoms with Crippen LogP contribution in [0.25, 0.3) is 5.76 Å². The predicted octanol–water partition coefficient (Wildman–Crippen LogP) is -1.68. The summed E-state index contributed by atoms with van der Waals surface area (Å²) >= 11 is 5.56. The van der Waals surface area contributed by atoms with Crippen LogP contribution in [-0.2, 0) is 14.3 Å². The second-order valence-corrected chi connectivity index (χ2v) is 3.69. The van der Waals surface area contributed by atoms with E-state index < -0.39 is 23.3 Å². The van der Waals surface area contributed by atoms with Crippen LogP contribution in [0, 0.1) is 5.82 Å². The van der Waals surface area contributed by atoms with Crippen molar-refractivity contribution in [3.8, 4) is 0 Å². The molecule has 1 rings (SSSR count). The van der Waals surface area contributed by atoms with Gasteiger partial charge in [0.2, 0.25) is 0 Å². The summed E-state index contributed by atoms with van der Waals surface area (Å²) < 4.78 is 17.4. The first-order valence-electron chi connectivity index (χ1n) is 5.00. The molecule has 0 spiro atoms. The van der Waals surface area contributed by atoms with Crippen LogP contribution in [-0.4, -0.2) is 18.4 Å². The second kappa shape index (κ2) is 8.00. The van der Waals surface area contributed by atoms with Crippen LogP contribution in [0.5, 0.6) is 0 Å². The van der Waals surface area contributed by atoms with Crippen molar-refractivity contribution in [1.29, 1.82) is 0 Å². The zero-order chi connectivity index (χ0) is 13.7. The molecule has 0 radical (unpaired) electrons. The Bertz CT molecular complexity index is 496. The summed E-state index contributed by atoms with van der Waals surface area (Å²) in [6, 6.07) is 3.14. The van der Waals surface area contributed by atoms with E-state index in [0.717, 1.165) is 12.1 Å². The Balaban J connectivity index is 0.00000324. The zero-order valence-corrected chi connectivity index (χ0v) is 11.2. The van der Waals surface area contributed by atoms with Gasteiger partial charge >= 0.3 is 24.8 Å². The molecule has 0 saturated heterocycles. The number of esters is 1. The summed E-state index contributed by atoms with van der Waals surface area (Å²) in [4.78, 5) is 22.2. The molecule has 0 N–H and O–H groups in total. The molecule has 0 aliphatic rings. The third-order valence-corrected chi connectivity index (χ3v) is 2.10. The minimum atomic E-state index is -1.13. The maximum atomic E-state index is 13.0. The van der Waals surface area contributed by atoms with Crippen LogP contribution >= 0.6 is 11.6 Å². The Morgan fingerprint density at radius 2 is 2.05 bits per heavy atom. The molecular formula is C12H9ClFLiO4. The first-order valence-corrected chi connectivity index (χ1v) is 5.38. The number of carbonyl (C=O) groups is 2. The van der Waals surface area contributed by atoms with E-state index in [1.54, 1.807) is 0 Å². The molecule has 7 heteroatoms. The molecule has 0 saturated carbocycles. The van der Waals surface area contributed by atoms with Crippen molar-refractivity contribution in [3.05, 3.63) is 40.7 Å². The van der Waals surface area contributed by atoms with Crippen LogP contribution in [0.15, 0.2) is 24.3 Å². The summed E-state index contributed by atoms with van der Waals surface area (Å²) in [7, 11) is 0. The van der Waals surface area contributed by atoms with Crippen LogP contribution in [0.3, 0.4) is 0 Å². The predicted molar refractivity (Wildman–Crippen MR) is 61.0 cm³/mol. The molecule has 0 aliphatic carbocycles. The standard InChI is InChI=1S/C12H10ClFO4.Li/c1-2-18-12(17)11(16)6-10(15)7-3-8(13)5-9(14)4-7;/h3-6,15H,2H2,1H3;/q;+1/p-1/b10-6+;. The Hall–Kier alpha value is -1.28. The van der Waals surface area contributed by atoms with E-state index >= 15 is 0 Å². The second-order valence-electron chi connectivity index (χ2n) is 3.25. The van der Waals surface area contributed by atoms with E-state index in [4.69, 9.17) is 11.6 Å². The van der Waals surface area contributed by atoms with E-state index in [1.807, 2.05) is 0 Å². The van der Waals surface area contributed by atoms with E-state index in [9.17, 15) is 19.1 Å². The Kier molecular flexibility index (Phi) is 7.46. The van der Waals surface area contributed by atoms with Crippen molar-refractivity contribution < 1.29 is 42.7 Å². The number of hydrogen-bond donors (Lipinski definition) is 0. The molecule has 0 amide bonds. The molecule has 0 heterocycles. The Morgan fingerprint density at radius 3 is 2.58 bits per heavy atom.